The second-order valence-electron chi connectivity index (χ2n) is 5.39. The fraction of sp³-hybridized carbons (Fsp3) is 0.533. The number of likely N-dealkylation sites (N-methyl/N-ethyl adjacent to an activating group) is 1. The highest BCUT2D eigenvalue weighted by molar-refractivity contribution is 5.76. The van der Waals surface area contributed by atoms with Gasteiger partial charge in [-0.25, -0.2) is 0 Å². The first-order chi connectivity index (χ1) is 8.33. The van der Waals surface area contributed by atoms with Gasteiger partial charge in [-0.1, -0.05) is 18.2 Å². The Bertz CT molecular complexity index is 407. The molecule has 0 spiro atoms. The van der Waals surface area contributed by atoms with Gasteiger partial charge >= 0.3 is 5.97 Å². The predicted molar refractivity (Wildman–Crippen MR) is 74.9 cm³/mol. The van der Waals surface area contributed by atoms with Crippen molar-refractivity contribution in [2.45, 2.75) is 40.2 Å². The number of aryl methyl sites for hydroxylation is 1. The van der Waals surface area contributed by atoms with Gasteiger partial charge in [-0.15, -0.1) is 0 Å². The van der Waals surface area contributed by atoms with E-state index in [2.05, 4.69) is 0 Å². The Morgan fingerprint density at radius 2 is 1.89 bits per heavy atom. The minimum absolute atomic E-state index is 0.187. The van der Waals surface area contributed by atoms with Gasteiger partial charge in [-0.3, -0.25) is 4.79 Å². The lowest BCUT2D eigenvalue weighted by Gasteiger charge is -2.26. The highest BCUT2D eigenvalue weighted by Gasteiger charge is 2.19. The van der Waals surface area contributed by atoms with Crippen LogP contribution in [0.2, 0.25) is 0 Å². The quantitative estimate of drug-likeness (QED) is 0.768. The molecule has 0 saturated heterocycles. The normalized spacial score (nSPS) is 11.2. The van der Waals surface area contributed by atoms with Crippen molar-refractivity contribution in [1.82, 2.24) is 0 Å². The molecule has 1 aromatic rings. The summed E-state index contributed by atoms with van der Waals surface area (Å²) in [6.07, 6.45) is 0. The summed E-state index contributed by atoms with van der Waals surface area (Å²) in [4.78, 5) is 13.9. The zero-order valence-corrected chi connectivity index (χ0v) is 12.0. The maximum Gasteiger partial charge on any atom is 0.326 e. The molecule has 0 aliphatic carbocycles. The minimum atomic E-state index is -0.428. The van der Waals surface area contributed by atoms with Crippen LogP contribution in [-0.4, -0.2) is 24.7 Å². The van der Waals surface area contributed by atoms with E-state index in [1.54, 1.807) is 0 Å². The highest BCUT2D eigenvalue weighted by Crippen LogP contribution is 2.19. The topological polar surface area (TPSA) is 29.5 Å². The van der Waals surface area contributed by atoms with Crippen molar-refractivity contribution in [2.24, 2.45) is 0 Å². The average molecular weight is 249 g/mol. The summed E-state index contributed by atoms with van der Waals surface area (Å²) in [5.74, 6) is -0.187. The summed E-state index contributed by atoms with van der Waals surface area (Å²) < 4.78 is 5.35. The standard InChI is InChI=1S/C15H23NO2/c1-6-16(11-14(17)18-15(3,4)5)13-10-8-7-9-12(13)2/h7-10H,6,11H2,1-5H3. The number of benzene rings is 1. The Hall–Kier alpha value is -1.51. The number of hydrogen-bond acceptors (Lipinski definition) is 3. The third kappa shape index (κ3) is 4.40. The molecule has 0 radical (unpaired) electrons. The van der Waals surface area contributed by atoms with E-state index in [4.69, 9.17) is 4.74 Å². The number of para-hydroxylation sites is 1. The Labute approximate surface area is 110 Å². The second kappa shape index (κ2) is 5.89. The Balaban J connectivity index is 2.74. The van der Waals surface area contributed by atoms with E-state index in [-0.39, 0.29) is 5.97 Å². The first-order valence-electron chi connectivity index (χ1n) is 6.36. The van der Waals surface area contributed by atoms with Crippen LogP contribution in [0.25, 0.3) is 0 Å². The summed E-state index contributed by atoms with van der Waals surface area (Å²) in [6.45, 7) is 10.8. The maximum atomic E-state index is 11.8. The van der Waals surface area contributed by atoms with Gasteiger partial charge in [-0.05, 0) is 46.2 Å². The van der Waals surface area contributed by atoms with Crippen LogP contribution in [0.4, 0.5) is 5.69 Å². The summed E-state index contributed by atoms with van der Waals surface area (Å²) >= 11 is 0. The highest BCUT2D eigenvalue weighted by atomic mass is 16.6. The molecule has 18 heavy (non-hydrogen) atoms. The van der Waals surface area contributed by atoms with Crippen LogP contribution in [0.15, 0.2) is 24.3 Å². The maximum absolute atomic E-state index is 11.8. The van der Waals surface area contributed by atoms with Crippen molar-refractivity contribution in [3.05, 3.63) is 29.8 Å². The third-order valence-corrected chi connectivity index (χ3v) is 2.58. The molecule has 0 N–H and O–H groups in total. The number of nitrogens with zero attached hydrogens (tertiary/aromatic N) is 1. The van der Waals surface area contributed by atoms with Crippen molar-refractivity contribution in [1.29, 1.82) is 0 Å². The van der Waals surface area contributed by atoms with Crippen LogP contribution in [0.3, 0.4) is 0 Å². The minimum Gasteiger partial charge on any atom is -0.459 e. The van der Waals surface area contributed by atoms with E-state index in [0.717, 1.165) is 12.2 Å². The molecular formula is C15H23NO2. The molecule has 0 saturated carbocycles. The van der Waals surface area contributed by atoms with E-state index >= 15 is 0 Å². The molecule has 100 valence electrons. The lowest BCUT2D eigenvalue weighted by atomic mass is 10.2. The number of rotatable bonds is 4. The van der Waals surface area contributed by atoms with Gasteiger partial charge < -0.3 is 9.64 Å². The van der Waals surface area contributed by atoms with Crippen molar-refractivity contribution < 1.29 is 9.53 Å². The van der Waals surface area contributed by atoms with Gasteiger partial charge in [0.2, 0.25) is 0 Å². The SMILES string of the molecule is CCN(CC(=O)OC(C)(C)C)c1ccccc1C. The van der Waals surface area contributed by atoms with Crippen LogP contribution >= 0.6 is 0 Å². The Morgan fingerprint density at radius 3 is 2.39 bits per heavy atom. The number of hydrogen-bond donors (Lipinski definition) is 0. The fourth-order valence-electron chi connectivity index (χ4n) is 1.82. The van der Waals surface area contributed by atoms with Crippen LogP contribution < -0.4 is 4.90 Å². The van der Waals surface area contributed by atoms with E-state index in [0.29, 0.717) is 6.54 Å². The van der Waals surface area contributed by atoms with Crippen LogP contribution in [0, 0.1) is 6.92 Å². The van der Waals surface area contributed by atoms with Crippen molar-refractivity contribution in [2.75, 3.05) is 18.0 Å². The second-order valence-corrected chi connectivity index (χ2v) is 5.39. The monoisotopic (exact) mass is 249 g/mol. The average Bonchev–Trinajstić information content (AvgIpc) is 2.24. The molecule has 0 aliphatic heterocycles. The van der Waals surface area contributed by atoms with Crippen molar-refractivity contribution in [3.8, 4) is 0 Å². The molecule has 0 heterocycles. The number of esters is 1. The van der Waals surface area contributed by atoms with Gasteiger partial charge in [0, 0.05) is 12.2 Å². The largest absolute Gasteiger partial charge is 0.459 e. The first-order valence-corrected chi connectivity index (χ1v) is 6.36. The summed E-state index contributed by atoms with van der Waals surface area (Å²) in [5, 5.41) is 0. The molecule has 0 fully saturated rings. The third-order valence-electron chi connectivity index (χ3n) is 2.58. The molecule has 1 aromatic carbocycles. The molecule has 0 unspecified atom stereocenters. The smallest absolute Gasteiger partial charge is 0.326 e. The molecule has 0 aliphatic rings. The zero-order chi connectivity index (χ0) is 13.8. The molecule has 0 amide bonds. The number of carbonyl (C=O) groups excluding carboxylic acids is 1. The molecule has 3 nitrogen and oxygen atoms in total. The van der Waals surface area contributed by atoms with Crippen molar-refractivity contribution >= 4 is 11.7 Å². The van der Waals surface area contributed by atoms with Gasteiger partial charge in [-0.2, -0.15) is 0 Å². The lowest BCUT2D eigenvalue weighted by molar-refractivity contribution is -0.153. The number of anilines is 1. The van der Waals surface area contributed by atoms with Crippen LogP contribution in [0.1, 0.15) is 33.3 Å². The number of carbonyl (C=O) groups is 1. The fourth-order valence-corrected chi connectivity index (χ4v) is 1.82. The Kier molecular flexibility index (Phi) is 4.76. The van der Waals surface area contributed by atoms with Gasteiger partial charge in [0.1, 0.15) is 12.1 Å². The van der Waals surface area contributed by atoms with E-state index in [1.165, 1.54) is 5.56 Å². The lowest BCUT2D eigenvalue weighted by Crippen LogP contribution is -2.35. The Morgan fingerprint density at radius 1 is 1.28 bits per heavy atom. The van der Waals surface area contributed by atoms with E-state index in [9.17, 15) is 4.79 Å². The molecule has 0 bridgehead atoms. The molecular weight excluding hydrogens is 226 g/mol. The summed E-state index contributed by atoms with van der Waals surface area (Å²) in [5.41, 5.74) is 1.83. The molecule has 1 rings (SSSR count). The summed E-state index contributed by atoms with van der Waals surface area (Å²) in [7, 11) is 0. The van der Waals surface area contributed by atoms with Crippen molar-refractivity contribution in [3.63, 3.8) is 0 Å². The van der Waals surface area contributed by atoms with E-state index in [1.807, 2.05) is 63.8 Å². The molecule has 0 atom stereocenters. The van der Waals surface area contributed by atoms with Gasteiger partial charge in [0.15, 0.2) is 0 Å². The van der Waals surface area contributed by atoms with Crippen LogP contribution in [-0.2, 0) is 9.53 Å². The van der Waals surface area contributed by atoms with E-state index < -0.39 is 5.60 Å². The summed E-state index contributed by atoms with van der Waals surface area (Å²) in [6, 6.07) is 8.07. The molecule has 3 heteroatoms. The van der Waals surface area contributed by atoms with Crippen LogP contribution in [0.5, 0.6) is 0 Å². The predicted octanol–water partition coefficient (Wildman–Crippen LogP) is 3.16. The molecule has 0 aromatic heterocycles. The van der Waals surface area contributed by atoms with Gasteiger partial charge in [0.25, 0.3) is 0 Å². The van der Waals surface area contributed by atoms with Gasteiger partial charge in [0.05, 0.1) is 0 Å². The number of ether oxygens (including phenoxy) is 1. The zero-order valence-electron chi connectivity index (χ0n) is 12.0. The first kappa shape index (κ1) is 14.6.